The van der Waals surface area contributed by atoms with Gasteiger partial charge in [0.1, 0.15) is 5.82 Å². The largest absolute Gasteiger partial charge is 0.331 e. The first-order chi connectivity index (χ1) is 9.16. The lowest BCUT2D eigenvalue weighted by molar-refractivity contribution is 0.0680. The lowest BCUT2D eigenvalue weighted by Gasteiger charge is -2.28. The van der Waals surface area contributed by atoms with Gasteiger partial charge >= 0.3 is 0 Å². The Bertz CT molecular complexity index is 489. The fourth-order valence-corrected chi connectivity index (χ4v) is 3.19. The minimum Gasteiger partial charge on any atom is -0.331 e. The fraction of sp³-hybridized carbons (Fsp3) is 0.533. The van der Waals surface area contributed by atoms with Gasteiger partial charge in [-0.05, 0) is 50.4 Å². The standard InChI is InChI=1S/C15H19FN2O/c1-10-2-3-11(8-14(10)16)15(19)18-12-4-5-13(18)9-17-7-6-12/h2-3,8,12-13,17H,4-7,9H2,1H3. The van der Waals surface area contributed by atoms with Crippen molar-refractivity contribution in [3.05, 3.63) is 35.1 Å². The molecule has 2 unspecified atom stereocenters. The molecule has 0 radical (unpaired) electrons. The number of hydrogen-bond acceptors (Lipinski definition) is 2. The summed E-state index contributed by atoms with van der Waals surface area (Å²) >= 11 is 0. The molecule has 1 aromatic carbocycles. The number of carbonyl (C=O) groups excluding carboxylic acids is 1. The van der Waals surface area contributed by atoms with Gasteiger partial charge in [0.05, 0.1) is 0 Å². The van der Waals surface area contributed by atoms with E-state index in [4.69, 9.17) is 0 Å². The van der Waals surface area contributed by atoms with Gasteiger partial charge in [0, 0.05) is 24.2 Å². The molecule has 1 N–H and O–H groups in total. The van der Waals surface area contributed by atoms with Gasteiger partial charge in [0.15, 0.2) is 0 Å². The number of benzene rings is 1. The molecule has 2 fully saturated rings. The summed E-state index contributed by atoms with van der Waals surface area (Å²) in [7, 11) is 0. The Kier molecular flexibility index (Phi) is 3.27. The summed E-state index contributed by atoms with van der Waals surface area (Å²) < 4.78 is 13.6. The number of nitrogens with one attached hydrogen (secondary N) is 1. The van der Waals surface area contributed by atoms with E-state index in [9.17, 15) is 9.18 Å². The maximum absolute atomic E-state index is 13.6. The van der Waals surface area contributed by atoms with E-state index in [1.54, 1.807) is 19.1 Å². The third-order valence-electron chi connectivity index (χ3n) is 4.31. The molecule has 2 aliphatic heterocycles. The summed E-state index contributed by atoms with van der Waals surface area (Å²) in [6.45, 7) is 3.53. The van der Waals surface area contributed by atoms with E-state index in [1.165, 1.54) is 6.07 Å². The van der Waals surface area contributed by atoms with Crippen molar-refractivity contribution >= 4 is 5.91 Å². The van der Waals surface area contributed by atoms with Crippen LogP contribution in [0.15, 0.2) is 18.2 Å². The third-order valence-corrected chi connectivity index (χ3v) is 4.31. The third kappa shape index (κ3) is 2.25. The molecular formula is C15H19FN2O. The quantitative estimate of drug-likeness (QED) is 0.840. The normalized spacial score (nSPS) is 26.3. The van der Waals surface area contributed by atoms with Crippen LogP contribution in [0.4, 0.5) is 4.39 Å². The van der Waals surface area contributed by atoms with Gasteiger partial charge in [0.25, 0.3) is 5.91 Å². The van der Waals surface area contributed by atoms with E-state index < -0.39 is 0 Å². The van der Waals surface area contributed by atoms with E-state index in [0.717, 1.165) is 32.4 Å². The summed E-state index contributed by atoms with van der Waals surface area (Å²) in [5.41, 5.74) is 1.05. The Morgan fingerprint density at radius 1 is 1.32 bits per heavy atom. The number of nitrogens with zero attached hydrogens (tertiary/aromatic N) is 1. The Labute approximate surface area is 112 Å². The van der Waals surface area contributed by atoms with Crippen LogP contribution in [-0.2, 0) is 0 Å². The molecule has 2 heterocycles. The lowest BCUT2D eigenvalue weighted by Crippen LogP contribution is -2.42. The van der Waals surface area contributed by atoms with E-state index in [1.807, 2.05) is 4.90 Å². The SMILES string of the molecule is Cc1ccc(C(=O)N2C3CCNCC2CC3)cc1F. The highest BCUT2D eigenvalue weighted by Crippen LogP contribution is 2.29. The Balaban J connectivity index is 1.88. The van der Waals surface area contributed by atoms with Crippen LogP contribution in [0.5, 0.6) is 0 Å². The first-order valence-electron chi connectivity index (χ1n) is 6.96. The zero-order valence-corrected chi connectivity index (χ0v) is 11.2. The van der Waals surface area contributed by atoms with Crippen LogP contribution in [-0.4, -0.2) is 36.0 Å². The van der Waals surface area contributed by atoms with Crippen LogP contribution in [0.1, 0.15) is 35.2 Å². The first kappa shape index (κ1) is 12.6. The maximum Gasteiger partial charge on any atom is 0.254 e. The molecule has 4 heteroatoms. The molecule has 3 nitrogen and oxygen atoms in total. The second-order valence-electron chi connectivity index (χ2n) is 5.55. The van der Waals surface area contributed by atoms with Crippen molar-refractivity contribution in [1.29, 1.82) is 0 Å². The molecule has 0 aromatic heterocycles. The molecule has 2 aliphatic rings. The summed E-state index contributed by atoms with van der Waals surface area (Å²) in [4.78, 5) is 14.6. The summed E-state index contributed by atoms with van der Waals surface area (Å²) in [6.07, 6.45) is 3.13. The molecule has 2 atom stereocenters. The van der Waals surface area contributed by atoms with Crippen molar-refractivity contribution in [1.82, 2.24) is 10.2 Å². The number of hydrogen-bond donors (Lipinski definition) is 1. The van der Waals surface area contributed by atoms with Crippen molar-refractivity contribution in [2.45, 2.75) is 38.3 Å². The minimum absolute atomic E-state index is 0.0184. The van der Waals surface area contributed by atoms with Crippen molar-refractivity contribution in [2.24, 2.45) is 0 Å². The Morgan fingerprint density at radius 3 is 2.89 bits per heavy atom. The number of rotatable bonds is 1. The molecule has 3 rings (SSSR count). The second kappa shape index (κ2) is 4.93. The van der Waals surface area contributed by atoms with Crippen LogP contribution in [0.2, 0.25) is 0 Å². The van der Waals surface area contributed by atoms with Gasteiger partial charge in [-0.25, -0.2) is 4.39 Å². The van der Waals surface area contributed by atoms with Gasteiger partial charge in [-0.1, -0.05) is 6.07 Å². The van der Waals surface area contributed by atoms with Crippen LogP contribution in [0.3, 0.4) is 0 Å². The highest BCUT2D eigenvalue weighted by Gasteiger charge is 2.38. The van der Waals surface area contributed by atoms with Gasteiger partial charge in [-0.2, -0.15) is 0 Å². The monoisotopic (exact) mass is 262 g/mol. The predicted molar refractivity (Wildman–Crippen MR) is 71.6 cm³/mol. The van der Waals surface area contributed by atoms with Gasteiger partial charge in [0.2, 0.25) is 0 Å². The molecular weight excluding hydrogens is 243 g/mol. The van der Waals surface area contributed by atoms with E-state index in [2.05, 4.69) is 5.32 Å². The van der Waals surface area contributed by atoms with Crippen molar-refractivity contribution in [3.63, 3.8) is 0 Å². The van der Waals surface area contributed by atoms with Gasteiger partial charge < -0.3 is 10.2 Å². The molecule has 0 spiro atoms. The zero-order valence-electron chi connectivity index (χ0n) is 11.2. The number of halogens is 1. The number of fused-ring (bicyclic) bond motifs is 2. The van der Waals surface area contributed by atoms with E-state index in [-0.39, 0.29) is 17.8 Å². The second-order valence-corrected chi connectivity index (χ2v) is 5.55. The molecule has 1 amide bonds. The van der Waals surface area contributed by atoms with Gasteiger partial charge in [-0.15, -0.1) is 0 Å². The van der Waals surface area contributed by atoms with Crippen molar-refractivity contribution < 1.29 is 9.18 Å². The molecule has 19 heavy (non-hydrogen) atoms. The molecule has 0 aliphatic carbocycles. The van der Waals surface area contributed by atoms with Crippen molar-refractivity contribution in [3.8, 4) is 0 Å². The predicted octanol–water partition coefficient (Wildman–Crippen LogP) is 2.10. The van der Waals surface area contributed by atoms with E-state index >= 15 is 0 Å². The summed E-state index contributed by atoms with van der Waals surface area (Å²) in [5.74, 6) is -0.318. The minimum atomic E-state index is -0.300. The molecule has 102 valence electrons. The highest BCUT2D eigenvalue weighted by atomic mass is 19.1. The van der Waals surface area contributed by atoms with Crippen LogP contribution >= 0.6 is 0 Å². The summed E-state index contributed by atoms with van der Waals surface area (Å²) in [5, 5.41) is 3.37. The topological polar surface area (TPSA) is 32.3 Å². The number of aryl methyl sites for hydroxylation is 1. The zero-order chi connectivity index (χ0) is 13.4. The number of amides is 1. The van der Waals surface area contributed by atoms with E-state index in [0.29, 0.717) is 17.2 Å². The maximum atomic E-state index is 13.6. The van der Waals surface area contributed by atoms with Crippen LogP contribution < -0.4 is 5.32 Å². The van der Waals surface area contributed by atoms with Crippen molar-refractivity contribution in [2.75, 3.05) is 13.1 Å². The first-order valence-corrected chi connectivity index (χ1v) is 6.96. The smallest absolute Gasteiger partial charge is 0.254 e. The Morgan fingerprint density at radius 2 is 2.11 bits per heavy atom. The average Bonchev–Trinajstić information content (AvgIpc) is 2.65. The highest BCUT2D eigenvalue weighted by molar-refractivity contribution is 5.95. The molecule has 2 bridgehead atoms. The van der Waals surface area contributed by atoms with Crippen LogP contribution in [0, 0.1) is 12.7 Å². The number of carbonyl (C=O) groups is 1. The molecule has 1 aromatic rings. The van der Waals surface area contributed by atoms with Gasteiger partial charge in [-0.3, -0.25) is 4.79 Å². The lowest BCUT2D eigenvalue weighted by atomic mass is 10.1. The van der Waals surface area contributed by atoms with Crippen LogP contribution in [0.25, 0.3) is 0 Å². The fourth-order valence-electron chi connectivity index (χ4n) is 3.19. The summed E-state index contributed by atoms with van der Waals surface area (Å²) in [6, 6.07) is 5.37. The molecule has 0 saturated carbocycles. The average molecular weight is 262 g/mol. The Hall–Kier alpha value is -1.42. The molecule has 2 saturated heterocycles.